The minimum absolute atomic E-state index is 0. The van der Waals surface area contributed by atoms with Crippen LogP contribution in [0.2, 0.25) is 0 Å². The molecule has 1 aliphatic rings. The van der Waals surface area contributed by atoms with Gasteiger partial charge in [-0.05, 0) is 19.3 Å². The third-order valence-electron chi connectivity index (χ3n) is 2.99. The molecule has 1 aliphatic carbocycles. The summed E-state index contributed by atoms with van der Waals surface area (Å²) in [7, 11) is 1.12. The largest absolute Gasteiger partial charge is 0.406 e. The molecule has 2 unspecified atom stereocenters. The van der Waals surface area contributed by atoms with Gasteiger partial charge in [-0.2, -0.15) is 13.2 Å². The van der Waals surface area contributed by atoms with E-state index in [1.807, 2.05) is 6.92 Å². The third-order valence-corrected chi connectivity index (χ3v) is 2.99. The third kappa shape index (κ3) is 8.32. The van der Waals surface area contributed by atoms with E-state index in [0.717, 1.165) is 13.5 Å². The Morgan fingerprint density at radius 2 is 2.00 bits per heavy atom. The number of carbonyl (C=O) groups is 1. The smallest absolute Gasteiger partial charge is 0.357 e. The number of aliphatic imine (C=N–C) groups is 1. The molecular weight excluding hydrogens is 400 g/mol. The van der Waals surface area contributed by atoms with E-state index in [1.165, 1.54) is 0 Å². The molecule has 0 radical (unpaired) electrons. The van der Waals surface area contributed by atoms with Crippen LogP contribution in [0.25, 0.3) is 0 Å². The summed E-state index contributed by atoms with van der Waals surface area (Å²) in [5, 5.41) is 6.09. The molecule has 0 heterocycles. The van der Waals surface area contributed by atoms with Gasteiger partial charge in [0.1, 0.15) is 13.1 Å². The van der Waals surface area contributed by atoms with E-state index in [1.54, 1.807) is 0 Å². The fraction of sp³-hybridized carbons (Fsp3) is 0.833. The van der Waals surface area contributed by atoms with Gasteiger partial charge in [-0.25, -0.2) is 4.99 Å². The van der Waals surface area contributed by atoms with Crippen molar-refractivity contribution in [1.82, 2.24) is 15.5 Å². The summed E-state index contributed by atoms with van der Waals surface area (Å²) in [5.41, 5.74) is 0. The van der Waals surface area contributed by atoms with Crippen LogP contribution in [0.15, 0.2) is 4.99 Å². The minimum Gasteiger partial charge on any atom is -0.357 e. The topological polar surface area (TPSA) is 56.7 Å². The molecule has 1 rings (SSSR count). The highest BCUT2D eigenvalue weighted by molar-refractivity contribution is 14.0. The zero-order valence-corrected chi connectivity index (χ0v) is 14.7. The molecule has 2 atom stereocenters. The second-order valence-corrected chi connectivity index (χ2v) is 5.02. The zero-order valence-electron chi connectivity index (χ0n) is 12.3. The van der Waals surface area contributed by atoms with Gasteiger partial charge in [-0.1, -0.05) is 6.92 Å². The molecule has 124 valence electrons. The second-order valence-electron chi connectivity index (χ2n) is 5.02. The number of nitrogens with zero attached hydrogens (tertiary/aromatic N) is 2. The lowest BCUT2D eigenvalue weighted by atomic mass is 10.4. The average Bonchev–Trinajstić information content (AvgIpc) is 2.99. The maximum absolute atomic E-state index is 12.2. The maximum Gasteiger partial charge on any atom is 0.406 e. The number of halogens is 4. The molecule has 0 aromatic heterocycles. The molecule has 5 nitrogen and oxygen atoms in total. The van der Waals surface area contributed by atoms with Crippen LogP contribution in [0, 0.1) is 5.92 Å². The van der Waals surface area contributed by atoms with Crippen LogP contribution in [-0.2, 0) is 4.79 Å². The van der Waals surface area contributed by atoms with Gasteiger partial charge in [-0.3, -0.25) is 4.79 Å². The number of nitrogens with one attached hydrogen (secondary N) is 2. The Bertz CT molecular complexity index is 376. The quantitative estimate of drug-likeness (QED) is 0.402. The Kier molecular flexibility index (Phi) is 8.34. The molecule has 0 aromatic carbocycles. The van der Waals surface area contributed by atoms with E-state index in [4.69, 9.17) is 0 Å². The average molecular weight is 422 g/mol. The molecule has 1 saturated carbocycles. The Morgan fingerprint density at radius 1 is 1.43 bits per heavy atom. The van der Waals surface area contributed by atoms with Crippen molar-refractivity contribution in [2.45, 2.75) is 32.5 Å². The van der Waals surface area contributed by atoms with E-state index < -0.39 is 18.6 Å². The van der Waals surface area contributed by atoms with Crippen LogP contribution in [-0.4, -0.2) is 55.7 Å². The number of guanidine groups is 1. The summed E-state index contributed by atoms with van der Waals surface area (Å²) >= 11 is 0. The SMILES string of the molecule is CCNC(=NCC(=O)N(C)CC(F)(F)F)NC1CC1C.I. The van der Waals surface area contributed by atoms with Crippen molar-refractivity contribution in [1.29, 1.82) is 0 Å². The molecule has 0 bridgehead atoms. The van der Waals surface area contributed by atoms with E-state index in [9.17, 15) is 18.0 Å². The lowest BCUT2D eigenvalue weighted by Gasteiger charge is -2.18. The Labute approximate surface area is 139 Å². The van der Waals surface area contributed by atoms with Crippen molar-refractivity contribution < 1.29 is 18.0 Å². The first kappa shape index (κ1) is 20.3. The number of likely N-dealkylation sites (N-methyl/N-ethyl adjacent to an activating group) is 1. The van der Waals surface area contributed by atoms with Crippen LogP contribution < -0.4 is 10.6 Å². The van der Waals surface area contributed by atoms with Gasteiger partial charge >= 0.3 is 6.18 Å². The number of carbonyl (C=O) groups excluding carboxylic acids is 1. The molecule has 1 fully saturated rings. The fourth-order valence-corrected chi connectivity index (χ4v) is 1.64. The molecule has 0 aliphatic heterocycles. The van der Waals surface area contributed by atoms with E-state index in [-0.39, 0.29) is 30.5 Å². The summed E-state index contributed by atoms with van der Waals surface area (Å²) in [6, 6.07) is 0.329. The van der Waals surface area contributed by atoms with Gasteiger partial charge in [0.15, 0.2) is 5.96 Å². The summed E-state index contributed by atoms with van der Waals surface area (Å²) in [6.45, 7) is 3.03. The number of alkyl halides is 3. The Balaban J connectivity index is 0.00000400. The minimum atomic E-state index is -4.39. The number of hydrogen-bond acceptors (Lipinski definition) is 2. The second kappa shape index (κ2) is 8.64. The molecule has 1 amide bonds. The number of amides is 1. The molecule has 2 N–H and O–H groups in total. The summed E-state index contributed by atoms with van der Waals surface area (Å²) in [6.07, 6.45) is -3.35. The van der Waals surface area contributed by atoms with Gasteiger partial charge in [0.05, 0.1) is 0 Å². The first-order valence-electron chi connectivity index (χ1n) is 6.58. The first-order chi connectivity index (χ1) is 9.23. The maximum atomic E-state index is 12.2. The van der Waals surface area contributed by atoms with Crippen molar-refractivity contribution >= 4 is 35.8 Å². The zero-order chi connectivity index (χ0) is 15.3. The van der Waals surface area contributed by atoms with Crippen LogP contribution >= 0.6 is 24.0 Å². The number of rotatable bonds is 5. The molecule has 9 heteroatoms. The highest BCUT2D eigenvalue weighted by Crippen LogP contribution is 2.28. The molecule has 0 spiro atoms. The normalized spacial score (nSPS) is 21.3. The van der Waals surface area contributed by atoms with Gasteiger partial charge in [-0.15, -0.1) is 24.0 Å². The highest BCUT2D eigenvalue weighted by Gasteiger charge is 2.33. The molecule has 0 aromatic rings. The molecule has 21 heavy (non-hydrogen) atoms. The Hall–Kier alpha value is -0.740. The van der Waals surface area contributed by atoms with Crippen LogP contribution in [0.4, 0.5) is 13.2 Å². The lowest BCUT2D eigenvalue weighted by Crippen LogP contribution is -2.41. The van der Waals surface area contributed by atoms with Crippen LogP contribution in [0.3, 0.4) is 0 Å². The standard InChI is InChI=1S/C12H21F3N4O.HI/c1-4-16-11(18-9-5-8(9)2)17-6-10(20)19(3)7-12(13,14)15;/h8-9H,4-7H2,1-3H3,(H2,16,17,18);1H. The monoisotopic (exact) mass is 422 g/mol. The Morgan fingerprint density at radius 3 is 2.43 bits per heavy atom. The van der Waals surface area contributed by atoms with Gasteiger partial charge in [0.25, 0.3) is 0 Å². The van der Waals surface area contributed by atoms with E-state index in [2.05, 4.69) is 22.5 Å². The molecular formula is C12H22F3IN4O. The van der Waals surface area contributed by atoms with Gasteiger partial charge < -0.3 is 15.5 Å². The van der Waals surface area contributed by atoms with Gasteiger partial charge in [0.2, 0.25) is 5.91 Å². The summed E-state index contributed by atoms with van der Waals surface area (Å²) in [5.74, 6) is 0.362. The van der Waals surface area contributed by atoms with Crippen LogP contribution in [0.1, 0.15) is 20.3 Å². The van der Waals surface area contributed by atoms with Crippen molar-refractivity contribution in [3.05, 3.63) is 0 Å². The molecule has 0 saturated heterocycles. The van der Waals surface area contributed by atoms with Crippen molar-refractivity contribution in [2.75, 3.05) is 26.7 Å². The van der Waals surface area contributed by atoms with Crippen molar-refractivity contribution in [3.63, 3.8) is 0 Å². The van der Waals surface area contributed by atoms with Gasteiger partial charge in [0, 0.05) is 19.6 Å². The predicted octanol–water partition coefficient (Wildman–Crippen LogP) is 1.59. The predicted molar refractivity (Wildman–Crippen MR) is 85.8 cm³/mol. The van der Waals surface area contributed by atoms with Crippen LogP contribution in [0.5, 0.6) is 0 Å². The summed E-state index contributed by atoms with van der Waals surface area (Å²) < 4.78 is 36.5. The fourth-order valence-electron chi connectivity index (χ4n) is 1.64. The van der Waals surface area contributed by atoms with E-state index in [0.29, 0.717) is 29.4 Å². The van der Waals surface area contributed by atoms with E-state index >= 15 is 0 Å². The highest BCUT2D eigenvalue weighted by atomic mass is 127. The van der Waals surface area contributed by atoms with Crippen molar-refractivity contribution in [3.8, 4) is 0 Å². The number of hydrogen-bond donors (Lipinski definition) is 2. The first-order valence-corrected chi connectivity index (χ1v) is 6.58. The summed E-state index contributed by atoms with van der Waals surface area (Å²) in [4.78, 5) is 16.2. The van der Waals surface area contributed by atoms with Crippen molar-refractivity contribution in [2.24, 2.45) is 10.9 Å². The lowest BCUT2D eigenvalue weighted by molar-refractivity contribution is -0.157.